The SMILES string of the molecule is COc1ccc(OC)c(C(O)C(C)N)c1.Cc1cc(C(C)(C)C)cc(C)c1CC1=NCCN1. The summed E-state index contributed by atoms with van der Waals surface area (Å²) < 4.78 is 10.2. The van der Waals surface area contributed by atoms with Gasteiger partial charge in [-0.15, -0.1) is 0 Å². The van der Waals surface area contributed by atoms with Crippen molar-refractivity contribution in [1.29, 1.82) is 0 Å². The highest BCUT2D eigenvalue weighted by atomic mass is 16.5. The Hall–Kier alpha value is -2.57. The molecule has 0 saturated carbocycles. The van der Waals surface area contributed by atoms with Crippen LogP contribution in [0.2, 0.25) is 0 Å². The summed E-state index contributed by atoms with van der Waals surface area (Å²) in [5.41, 5.74) is 12.1. The zero-order valence-corrected chi connectivity index (χ0v) is 21.5. The van der Waals surface area contributed by atoms with Crippen molar-refractivity contribution in [3.63, 3.8) is 0 Å². The van der Waals surface area contributed by atoms with Crippen LogP contribution in [0.15, 0.2) is 35.3 Å². The van der Waals surface area contributed by atoms with Gasteiger partial charge in [0.05, 0.1) is 26.9 Å². The Kier molecular flexibility index (Phi) is 9.32. The van der Waals surface area contributed by atoms with Gasteiger partial charge in [0.2, 0.25) is 0 Å². The predicted octanol–water partition coefficient (Wildman–Crippen LogP) is 4.23. The molecule has 3 rings (SSSR count). The fraction of sp³-hybridized carbons (Fsp3) is 0.519. The van der Waals surface area contributed by atoms with Gasteiger partial charge in [-0.3, -0.25) is 4.99 Å². The van der Waals surface area contributed by atoms with E-state index in [1.54, 1.807) is 39.3 Å². The maximum Gasteiger partial charge on any atom is 0.124 e. The van der Waals surface area contributed by atoms with E-state index in [4.69, 9.17) is 15.2 Å². The third kappa shape index (κ3) is 7.21. The molecule has 0 aromatic heterocycles. The average molecular weight is 456 g/mol. The molecule has 2 aromatic carbocycles. The molecule has 1 aliphatic rings. The number of nitrogens with one attached hydrogen (secondary N) is 1. The minimum absolute atomic E-state index is 0.219. The van der Waals surface area contributed by atoms with E-state index in [-0.39, 0.29) is 11.5 Å². The van der Waals surface area contributed by atoms with Crippen LogP contribution < -0.4 is 20.5 Å². The Bertz CT molecular complexity index is 939. The van der Waals surface area contributed by atoms with Gasteiger partial charge in [-0.05, 0) is 66.6 Å². The average Bonchev–Trinajstić information content (AvgIpc) is 3.28. The molecular weight excluding hydrogens is 414 g/mol. The zero-order valence-electron chi connectivity index (χ0n) is 21.5. The number of amidine groups is 1. The minimum atomic E-state index is -0.755. The number of hydrogen-bond acceptors (Lipinski definition) is 6. The van der Waals surface area contributed by atoms with Crippen LogP contribution in [-0.2, 0) is 11.8 Å². The van der Waals surface area contributed by atoms with E-state index >= 15 is 0 Å². The molecule has 0 amide bonds. The normalized spacial score (nSPS) is 15.0. The van der Waals surface area contributed by atoms with Crippen molar-refractivity contribution in [1.82, 2.24) is 5.32 Å². The lowest BCUT2D eigenvalue weighted by atomic mass is 9.83. The van der Waals surface area contributed by atoms with E-state index in [0.29, 0.717) is 17.1 Å². The van der Waals surface area contributed by atoms with Gasteiger partial charge in [0.25, 0.3) is 0 Å². The topological polar surface area (TPSA) is 89.1 Å². The number of benzene rings is 2. The van der Waals surface area contributed by atoms with Gasteiger partial charge in [-0.25, -0.2) is 0 Å². The van der Waals surface area contributed by atoms with Crippen LogP contribution in [0.25, 0.3) is 0 Å². The van der Waals surface area contributed by atoms with Crippen LogP contribution in [0.1, 0.15) is 61.6 Å². The molecule has 182 valence electrons. The first-order valence-electron chi connectivity index (χ1n) is 11.5. The highest BCUT2D eigenvalue weighted by molar-refractivity contribution is 5.86. The summed E-state index contributed by atoms with van der Waals surface area (Å²) >= 11 is 0. The van der Waals surface area contributed by atoms with E-state index in [0.717, 1.165) is 25.3 Å². The van der Waals surface area contributed by atoms with Gasteiger partial charge in [-0.1, -0.05) is 32.9 Å². The fourth-order valence-corrected chi connectivity index (χ4v) is 3.79. The van der Waals surface area contributed by atoms with Crippen molar-refractivity contribution < 1.29 is 14.6 Å². The Labute approximate surface area is 199 Å². The van der Waals surface area contributed by atoms with E-state index < -0.39 is 6.10 Å². The number of rotatable bonds is 6. The van der Waals surface area contributed by atoms with E-state index in [9.17, 15) is 5.11 Å². The molecule has 6 nitrogen and oxygen atoms in total. The third-order valence-corrected chi connectivity index (χ3v) is 5.90. The lowest BCUT2D eigenvalue weighted by Gasteiger charge is -2.22. The summed E-state index contributed by atoms with van der Waals surface area (Å²) in [6.45, 7) is 14.9. The van der Waals surface area contributed by atoms with Crippen molar-refractivity contribution in [2.75, 3.05) is 27.3 Å². The number of methoxy groups -OCH3 is 2. The maximum absolute atomic E-state index is 9.87. The van der Waals surface area contributed by atoms with Crippen molar-refractivity contribution in [2.24, 2.45) is 10.7 Å². The minimum Gasteiger partial charge on any atom is -0.497 e. The van der Waals surface area contributed by atoms with Crippen LogP contribution >= 0.6 is 0 Å². The van der Waals surface area contributed by atoms with Gasteiger partial charge in [0.15, 0.2) is 0 Å². The van der Waals surface area contributed by atoms with E-state index in [1.807, 2.05) is 0 Å². The summed E-state index contributed by atoms with van der Waals surface area (Å²) in [6, 6.07) is 9.56. The first kappa shape index (κ1) is 26.7. The largest absolute Gasteiger partial charge is 0.497 e. The fourth-order valence-electron chi connectivity index (χ4n) is 3.79. The second kappa shape index (κ2) is 11.5. The first-order chi connectivity index (χ1) is 15.5. The predicted molar refractivity (Wildman–Crippen MR) is 137 cm³/mol. The Morgan fingerprint density at radius 2 is 1.73 bits per heavy atom. The number of hydrogen-bond donors (Lipinski definition) is 3. The zero-order chi connectivity index (χ0) is 24.8. The number of aliphatic hydroxyl groups excluding tert-OH is 1. The molecule has 4 N–H and O–H groups in total. The highest BCUT2D eigenvalue weighted by Gasteiger charge is 2.18. The van der Waals surface area contributed by atoms with E-state index in [2.05, 4.69) is 57.1 Å². The molecular formula is C27H41N3O3. The van der Waals surface area contributed by atoms with Gasteiger partial charge in [0, 0.05) is 24.6 Å². The molecule has 1 heterocycles. The number of aryl methyl sites for hydroxylation is 2. The van der Waals surface area contributed by atoms with Crippen LogP contribution in [0, 0.1) is 13.8 Å². The third-order valence-electron chi connectivity index (χ3n) is 5.90. The molecule has 0 saturated heterocycles. The van der Waals surface area contributed by atoms with Gasteiger partial charge >= 0.3 is 0 Å². The van der Waals surface area contributed by atoms with Crippen LogP contribution in [0.5, 0.6) is 11.5 Å². The van der Waals surface area contributed by atoms with Crippen LogP contribution in [-0.4, -0.2) is 44.3 Å². The van der Waals surface area contributed by atoms with Crippen molar-refractivity contribution >= 4 is 5.84 Å². The number of aliphatic hydroxyl groups is 1. The Morgan fingerprint density at radius 1 is 1.09 bits per heavy atom. The summed E-state index contributed by atoms with van der Waals surface area (Å²) in [5.74, 6) is 2.43. The van der Waals surface area contributed by atoms with Crippen molar-refractivity contribution in [3.8, 4) is 11.5 Å². The van der Waals surface area contributed by atoms with Gasteiger partial charge in [-0.2, -0.15) is 0 Å². The molecule has 2 atom stereocenters. The Balaban J connectivity index is 0.000000238. The monoisotopic (exact) mass is 455 g/mol. The quantitative estimate of drug-likeness (QED) is 0.607. The van der Waals surface area contributed by atoms with Gasteiger partial charge in [0.1, 0.15) is 17.3 Å². The number of ether oxygens (including phenoxy) is 2. The summed E-state index contributed by atoms with van der Waals surface area (Å²) in [7, 11) is 3.13. The molecule has 2 aromatic rings. The molecule has 0 bridgehead atoms. The number of nitrogens with two attached hydrogens (primary N) is 1. The van der Waals surface area contributed by atoms with Gasteiger partial charge < -0.3 is 25.6 Å². The van der Waals surface area contributed by atoms with Crippen LogP contribution in [0.4, 0.5) is 0 Å². The Morgan fingerprint density at radius 3 is 2.18 bits per heavy atom. The second-order valence-electron chi connectivity index (χ2n) is 9.68. The molecule has 0 radical (unpaired) electrons. The molecule has 1 aliphatic heterocycles. The molecule has 2 unspecified atom stereocenters. The smallest absolute Gasteiger partial charge is 0.124 e. The van der Waals surface area contributed by atoms with Crippen LogP contribution in [0.3, 0.4) is 0 Å². The van der Waals surface area contributed by atoms with E-state index in [1.165, 1.54) is 22.3 Å². The summed E-state index contributed by atoms with van der Waals surface area (Å²) in [5, 5.41) is 13.2. The first-order valence-corrected chi connectivity index (χ1v) is 11.5. The standard InChI is InChI=1S/C16H24N2.C11H17NO3/c1-11-8-13(16(3,4)5)9-12(2)14(11)10-15-17-6-7-18-15;1-7(12)11(13)9-6-8(14-2)4-5-10(9)15-3/h8-9H,6-7,10H2,1-5H3,(H,17,18);4-7,11,13H,12H2,1-3H3. The molecule has 33 heavy (non-hydrogen) atoms. The molecule has 0 fully saturated rings. The second-order valence-corrected chi connectivity index (χ2v) is 9.68. The lowest BCUT2D eigenvalue weighted by molar-refractivity contribution is 0.149. The molecule has 6 heteroatoms. The maximum atomic E-state index is 9.87. The van der Waals surface area contributed by atoms with Crippen molar-refractivity contribution in [2.45, 2.75) is 65.5 Å². The summed E-state index contributed by atoms with van der Waals surface area (Å²) in [6.07, 6.45) is 0.192. The number of aliphatic imine (C=N–C) groups is 1. The highest BCUT2D eigenvalue weighted by Crippen LogP contribution is 2.30. The molecule has 0 aliphatic carbocycles. The summed E-state index contributed by atoms with van der Waals surface area (Å²) in [4.78, 5) is 4.49. The molecule has 0 spiro atoms. The lowest BCUT2D eigenvalue weighted by Crippen LogP contribution is -2.24. The van der Waals surface area contributed by atoms with Crippen molar-refractivity contribution in [3.05, 3.63) is 58.1 Å². The number of nitrogens with zero attached hydrogens (tertiary/aromatic N) is 1.